The Morgan fingerprint density at radius 3 is 2.77 bits per heavy atom. The molecule has 1 fully saturated rings. The van der Waals surface area contributed by atoms with E-state index in [2.05, 4.69) is 15.0 Å². The molecule has 6 N–H and O–H groups in total. The summed E-state index contributed by atoms with van der Waals surface area (Å²) >= 11 is 7.43. The Hall–Kier alpha value is -2.79. The molecule has 1 saturated heterocycles. The van der Waals surface area contributed by atoms with Crippen molar-refractivity contribution < 1.29 is 14.9 Å². The summed E-state index contributed by atoms with van der Waals surface area (Å²) in [6, 6.07) is 8.96. The predicted molar refractivity (Wildman–Crippen MR) is 121 cm³/mol. The number of nitrogens with two attached hydrogens (primary N) is 2. The van der Waals surface area contributed by atoms with Gasteiger partial charge in [0.05, 0.1) is 27.3 Å². The van der Waals surface area contributed by atoms with Gasteiger partial charge in [-0.05, 0) is 24.3 Å². The fourth-order valence-corrected chi connectivity index (χ4v) is 5.31. The van der Waals surface area contributed by atoms with E-state index in [4.69, 9.17) is 27.8 Å². The molecule has 0 radical (unpaired) electrons. The fourth-order valence-electron chi connectivity index (χ4n) is 3.70. The van der Waals surface area contributed by atoms with Crippen LogP contribution in [0.3, 0.4) is 0 Å². The van der Waals surface area contributed by atoms with Crippen LogP contribution in [0.2, 0.25) is 5.02 Å². The summed E-state index contributed by atoms with van der Waals surface area (Å²) in [7, 11) is 0. The molecule has 0 amide bonds. The van der Waals surface area contributed by atoms with Gasteiger partial charge in [-0.25, -0.2) is 15.0 Å². The van der Waals surface area contributed by atoms with Crippen LogP contribution in [-0.2, 0) is 0 Å². The summed E-state index contributed by atoms with van der Waals surface area (Å²) in [4.78, 5) is 12.5. The third-order valence-corrected chi connectivity index (χ3v) is 7.19. The lowest BCUT2D eigenvalue weighted by Crippen LogP contribution is -2.34. The molecular weight excluding hydrogens is 440 g/mol. The highest BCUT2D eigenvalue weighted by Gasteiger charge is 2.44. The lowest BCUT2D eigenvalue weighted by molar-refractivity contribution is 0.0128. The highest BCUT2D eigenvalue weighted by Crippen LogP contribution is 2.43. The van der Waals surface area contributed by atoms with E-state index < -0.39 is 17.6 Å². The summed E-state index contributed by atoms with van der Waals surface area (Å²) in [5.41, 5.74) is 13.0. The second kappa shape index (κ2) is 7.72. The van der Waals surface area contributed by atoms with Crippen LogP contribution in [0.25, 0.3) is 21.9 Å². The molecule has 0 bridgehead atoms. The molecule has 4 atom stereocenters. The van der Waals surface area contributed by atoms with Crippen LogP contribution in [0.15, 0.2) is 42.9 Å². The normalized spacial score (nSPS) is 23.6. The number of aliphatic hydroxyl groups excluding tert-OH is 2. The standard InChI is InChI=1S/C20H19ClN6O3S/c21-12-5-9-1-2-10(6-13(9)26-18(12)23)30-7-14-15(28)16(29)20(31-14)27-4-3-11-17(22)24-8-25-19(11)27/h1-6,8,14-16,20,28-29H,7H2,(H2,23,26)(H2,22,24,25)/t14-,15-,16-,20?/m0/s1. The molecule has 0 spiro atoms. The number of aromatic nitrogens is 4. The first-order valence-electron chi connectivity index (χ1n) is 9.49. The average Bonchev–Trinajstić information content (AvgIpc) is 3.30. The zero-order valence-corrected chi connectivity index (χ0v) is 17.7. The molecule has 11 heteroatoms. The minimum absolute atomic E-state index is 0.199. The van der Waals surface area contributed by atoms with Crippen molar-refractivity contribution in [1.82, 2.24) is 19.5 Å². The zero-order chi connectivity index (χ0) is 21.7. The Labute approximate surface area is 186 Å². The lowest BCUT2D eigenvalue weighted by atomic mass is 10.1. The van der Waals surface area contributed by atoms with Crippen molar-refractivity contribution in [1.29, 1.82) is 0 Å². The highest BCUT2D eigenvalue weighted by atomic mass is 35.5. The quantitative estimate of drug-likeness (QED) is 0.361. The van der Waals surface area contributed by atoms with Gasteiger partial charge < -0.3 is 31.0 Å². The maximum absolute atomic E-state index is 10.7. The van der Waals surface area contributed by atoms with Crippen molar-refractivity contribution in [2.45, 2.75) is 22.8 Å². The van der Waals surface area contributed by atoms with Crippen LogP contribution in [0.1, 0.15) is 5.37 Å². The Balaban J connectivity index is 1.34. The van der Waals surface area contributed by atoms with Gasteiger partial charge in [0.25, 0.3) is 0 Å². The summed E-state index contributed by atoms with van der Waals surface area (Å²) in [5.74, 6) is 1.20. The van der Waals surface area contributed by atoms with Gasteiger partial charge >= 0.3 is 0 Å². The summed E-state index contributed by atoms with van der Waals surface area (Å²) in [5, 5.41) is 22.4. The van der Waals surface area contributed by atoms with Crippen LogP contribution in [0.5, 0.6) is 5.75 Å². The Morgan fingerprint density at radius 2 is 1.94 bits per heavy atom. The number of benzene rings is 1. The third kappa shape index (κ3) is 3.51. The van der Waals surface area contributed by atoms with Crippen LogP contribution >= 0.6 is 23.4 Å². The maximum Gasteiger partial charge on any atom is 0.146 e. The van der Waals surface area contributed by atoms with Gasteiger partial charge in [0.15, 0.2) is 0 Å². The van der Waals surface area contributed by atoms with E-state index in [1.165, 1.54) is 18.1 Å². The Bertz CT molecular complexity index is 1280. The topological polar surface area (TPSA) is 145 Å². The van der Waals surface area contributed by atoms with Crippen molar-refractivity contribution in [3.8, 4) is 5.75 Å². The van der Waals surface area contributed by atoms with Gasteiger partial charge in [0.2, 0.25) is 0 Å². The Kier molecular flexibility index (Phi) is 5.01. The van der Waals surface area contributed by atoms with Gasteiger partial charge in [0.1, 0.15) is 47.4 Å². The summed E-state index contributed by atoms with van der Waals surface area (Å²) < 4.78 is 7.70. The number of fused-ring (bicyclic) bond motifs is 2. The minimum atomic E-state index is -0.995. The molecular formula is C20H19ClN6O3S. The molecule has 9 nitrogen and oxygen atoms in total. The van der Waals surface area contributed by atoms with E-state index in [1.54, 1.807) is 35.0 Å². The molecule has 0 aliphatic carbocycles. The second-order valence-corrected chi connectivity index (χ2v) is 9.05. The van der Waals surface area contributed by atoms with Gasteiger partial charge in [-0.15, -0.1) is 11.8 Å². The number of nitrogen functional groups attached to an aromatic ring is 2. The van der Waals surface area contributed by atoms with Crippen molar-refractivity contribution in [2.75, 3.05) is 18.1 Å². The van der Waals surface area contributed by atoms with Gasteiger partial charge in [-0.2, -0.15) is 0 Å². The molecule has 1 unspecified atom stereocenters. The molecule has 3 aromatic heterocycles. The molecule has 4 heterocycles. The van der Waals surface area contributed by atoms with E-state index in [1.807, 2.05) is 6.07 Å². The van der Waals surface area contributed by atoms with E-state index in [0.29, 0.717) is 33.1 Å². The van der Waals surface area contributed by atoms with E-state index in [0.717, 1.165) is 5.39 Å². The van der Waals surface area contributed by atoms with E-state index >= 15 is 0 Å². The predicted octanol–water partition coefficient (Wildman–Crippen LogP) is 2.21. The van der Waals surface area contributed by atoms with Crippen molar-refractivity contribution in [3.63, 3.8) is 0 Å². The summed E-state index contributed by atoms with van der Waals surface area (Å²) in [6.07, 6.45) is 1.20. The lowest BCUT2D eigenvalue weighted by Gasteiger charge is -2.17. The second-order valence-electron chi connectivity index (χ2n) is 7.29. The number of halogens is 1. The number of thioether (sulfide) groups is 1. The fraction of sp³-hybridized carbons (Fsp3) is 0.250. The van der Waals surface area contributed by atoms with E-state index in [-0.39, 0.29) is 17.7 Å². The number of ether oxygens (including phenoxy) is 1. The summed E-state index contributed by atoms with van der Waals surface area (Å²) in [6.45, 7) is 0.199. The molecule has 0 saturated carbocycles. The largest absolute Gasteiger partial charge is 0.492 e. The van der Waals surface area contributed by atoms with Crippen molar-refractivity contribution in [2.24, 2.45) is 0 Å². The first-order valence-corrected chi connectivity index (χ1v) is 10.8. The molecule has 31 heavy (non-hydrogen) atoms. The maximum atomic E-state index is 10.7. The molecule has 160 valence electrons. The first-order chi connectivity index (χ1) is 14.9. The number of hydrogen-bond donors (Lipinski definition) is 4. The van der Waals surface area contributed by atoms with Crippen molar-refractivity contribution in [3.05, 3.63) is 47.9 Å². The number of nitrogens with zero attached hydrogens (tertiary/aromatic N) is 4. The molecule has 5 rings (SSSR count). The van der Waals surface area contributed by atoms with E-state index in [9.17, 15) is 10.2 Å². The number of hydrogen-bond acceptors (Lipinski definition) is 9. The number of rotatable bonds is 4. The Morgan fingerprint density at radius 1 is 1.10 bits per heavy atom. The monoisotopic (exact) mass is 458 g/mol. The number of aliphatic hydroxyl groups is 2. The zero-order valence-electron chi connectivity index (χ0n) is 16.1. The molecule has 1 aliphatic heterocycles. The van der Waals surface area contributed by atoms with Crippen LogP contribution in [0.4, 0.5) is 11.6 Å². The molecule has 1 aromatic carbocycles. The van der Waals surface area contributed by atoms with Crippen LogP contribution in [-0.4, -0.2) is 53.8 Å². The molecule has 4 aromatic rings. The SMILES string of the molecule is Nc1nc2cc(OC[C@@H]3SC(n4ccc5c(N)ncnc54)[C@@H](O)[C@H]3O)ccc2cc1Cl. The van der Waals surface area contributed by atoms with Gasteiger partial charge in [0, 0.05) is 17.6 Å². The highest BCUT2D eigenvalue weighted by molar-refractivity contribution is 8.00. The average molecular weight is 459 g/mol. The number of anilines is 2. The smallest absolute Gasteiger partial charge is 0.146 e. The first kappa shape index (κ1) is 20.1. The van der Waals surface area contributed by atoms with Crippen molar-refractivity contribution >= 4 is 56.9 Å². The third-order valence-electron chi connectivity index (χ3n) is 5.34. The van der Waals surface area contributed by atoms with Crippen LogP contribution in [0, 0.1) is 0 Å². The van der Waals surface area contributed by atoms with Gasteiger partial charge in [-0.1, -0.05) is 11.6 Å². The van der Waals surface area contributed by atoms with Crippen LogP contribution < -0.4 is 16.2 Å². The van der Waals surface area contributed by atoms with Gasteiger partial charge in [-0.3, -0.25) is 0 Å². The minimum Gasteiger partial charge on any atom is -0.492 e. The number of pyridine rings is 1. The molecule has 1 aliphatic rings.